The third kappa shape index (κ3) is 3.95. The standard InChI is InChI=1S/C14H20N2O3/c15-4-1-5-16-13(17)9-19-14(18)8-12-7-10-2-3-11(12)6-10/h10-12H,1-3,5-9H2,(H,16,17)/t10-,11+,12-/m1/s1. The van der Waals surface area contributed by atoms with E-state index in [9.17, 15) is 9.59 Å². The van der Waals surface area contributed by atoms with E-state index in [0.717, 1.165) is 12.3 Å². The first-order chi connectivity index (χ1) is 9.19. The summed E-state index contributed by atoms with van der Waals surface area (Å²) < 4.78 is 4.97. The van der Waals surface area contributed by atoms with Gasteiger partial charge in [0, 0.05) is 13.0 Å². The lowest BCUT2D eigenvalue weighted by molar-refractivity contribution is -0.149. The van der Waals surface area contributed by atoms with Gasteiger partial charge in [-0.2, -0.15) is 5.26 Å². The third-order valence-electron chi connectivity index (χ3n) is 4.24. The highest BCUT2D eigenvalue weighted by Gasteiger charge is 2.40. The Labute approximate surface area is 113 Å². The van der Waals surface area contributed by atoms with E-state index in [0.29, 0.717) is 24.8 Å². The van der Waals surface area contributed by atoms with Crippen molar-refractivity contribution in [2.24, 2.45) is 17.8 Å². The van der Waals surface area contributed by atoms with Crippen molar-refractivity contribution in [3.05, 3.63) is 0 Å². The van der Waals surface area contributed by atoms with E-state index in [4.69, 9.17) is 10.00 Å². The fraction of sp³-hybridized carbons (Fsp3) is 0.786. The number of ether oxygens (including phenoxy) is 1. The van der Waals surface area contributed by atoms with Crippen molar-refractivity contribution < 1.29 is 14.3 Å². The molecule has 0 aliphatic heterocycles. The van der Waals surface area contributed by atoms with E-state index in [2.05, 4.69) is 5.32 Å². The molecule has 5 nitrogen and oxygen atoms in total. The minimum absolute atomic E-state index is 0.231. The molecule has 3 atom stereocenters. The van der Waals surface area contributed by atoms with Crippen LogP contribution in [0.1, 0.15) is 38.5 Å². The van der Waals surface area contributed by atoms with Crippen molar-refractivity contribution in [1.29, 1.82) is 5.26 Å². The molecular formula is C14H20N2O3. The third-order valence-corrected chi connectivity index (χ3v) is 4.24. The molecule has 104 valence electrons. The molecule has 0 saturated heterocycles. The van der Waals surface area contributed by atoms with Gasteiger partial charge >= 0.3 is 5.97 Å². The first-order valence-corrected chi connectivity index (χ1v) is 6.98. The Kier molecular flexibility index (Phi) is 4.78. The quantitative estimate of drug-likeness (QED) is 0.580. The maximum absolute atomic E-state index is 11.7. The first kappa shape index (κ1) is 13.9. The maximum Gasteiger partial charge on any atom is 0.306 e. The van der Waals surface area contributed by atoms with E-state index in [1.54, 1.807) is 0 Å². The summed E-state index contributed by atoms with van der Waals surface area (Å²) in [6.07, 6.45) is 5.70. The monoisotopic (exact) mass is 264 g/mol. The molecule has 0 aromatic heterocycles. The lowest BCUT2D eigenvalue weighted by Crippen LogP contribution is -2.30. The molecule has 2 bridgehead atoms. The summed E-state index contributed by atoms with van der Waals surface area (Å²) in [5.74, 6) is 1.37. The number of nitrogens with one attached hydrogen (secondary N) is 1. The highest BCUT2D eigenvalue weighted by Crippen LogP contribution is 2.49. The maximum atomic E-state index is 11.7. The van der Waals surface area contributed by atoms with E-state index >= 15 is 0 Å². The van der Waals surface area contributed by atoms with Gasteiger partial charge in [-0.15, -0.1) is 0 Å². The second kappa shape index (κ2) is 6.55. The Hall–Kier alpha value is -1.57. The number of rotatable bonds is 6. The number of hydrogen-bond donors (Lipinski definition) is 1. The van der Waals surface area contributed by atoms with Crippen LogP contribution in [0.25, 0.3) is 0 Å². The molecule has 2 aliphatic carbocycles. The minimum Gasteiger partial charge on any atom is -0.456 e. The van der Waals surface area contributed by atoms with Gasteiger partial charge in [-0.1, -0.05) is 6.42 Å². The van der Waals surface area contributed by atoms with Crippen LogP contribution < -0.4 is 5.32 Å². The zero-order valence-electron chi connectivity index (χ0n) is 11.1. The molecule has 2 saturated carbocycles. The molecule has 19 heavy (non-hydrogen) atoms. The number of amides is 1. The van der Waals surface area contributed by atoms with Crippen molar-refractivity contribution in [2.45, 2.75) is 38.5 Å². The van der Waals surface area contributed by atoms with Crippen molar-refractivity contribution in [1.82, 2.24) is 5.32 Å². The van der Waals surface area contributed by atoms with E-state index in [1.165, 1.54) is 19.3 Å². The van der Waals surface area contributed by atoms with Crippen molar-refractivity contribution >= 4 is 11.9 Å². The number of nitrogens with zero attached hydrogens (tertiary/aromatic N) is 1. The van der Waals surface area contributed by atoms with Crippen LogP contribution in [-0.4, -0.2) is 25.0 Å². The van der Waals surface area contributed by atoms with Crippen LogP contribution in [0, 0.1) is 29.1 Å². The summed E-state index contributed by atoms with van der Waals surface area (Å²) in [7, 11) is 0. The average molecular weight is 264 g/mol. The topological polar surface area (TPSA) is 79.2 Å². The molecule has 2 aliphatic rings. The SMILES string of the molecule is N#CCCNC(=O)COC(=O)C[C@H]1C[C@@H]2CC[C@H]1C2. The van der Waals surface area contributed by atoms with Crippen LogP contribution >= 0.6 is 0 Å². The van der Waals surface area contributed by atoms with Crippen LogP contribution in [0.2, 0.25) is 0 Å². The molecule has 0 aromatic rings. The lowest BCUT2D eigenvalue weighted by Gasteiger charge is -2.20. The number of nitriles is 1. The van der Waals surface area contributed by atoms with Crippen LogP contribution in [0.15, 0.2) is 0 Å². The summed E-state index contributed by atoms with van der Waals surface area (Å²) in [5, 5.41) is 10.8. The number of esters is 1. The predicted molar refractivity (Wildman–Crippen MR) is 67.8 cm³/mol. The normalized spacial score (nSPS) is 27.8. The second-order valence-corrected chi connectivity index (χ2v) is 5.56. The van der Waals surface area contributed by atoms with Crippen LogP contribution in [0.3, 0.4) is 0 Å². The second-order valence-electron chi connectivity index (χ2n) is 5.56. The average Bonchev–Trinajstić information content (AvgIpc) is 2.99. The zero-order chi connectivity index (χ0) is 13.7. The van der Waals surface area contributed by atoms with Gasteiger partial charge in [0.05, 0.1) is 12.5 Å². The van der Waals surface area contributed by atoms with Gasteiger partial charge in [-0.25, -0.2) is 0 Å². The van der Waals surface area contributed by atoms with Gasteiger partial charge < -0.3 is 10.1 Å². The molecule has 1 amide bonds. The Balaban J connectivity index is 1.60. The molecule has 2 fully saturated rings. The molecule has 2 rings (SSSR count). The molecule has 5 heteroatoms. The van der Waals surface area contributed by atoms with Crippen molar-refractivity contribution in [2.75, 3.05) is 13.2 Å². The fourth-order valence-corrected chi connectivity index (χ4v) is 3.35. The number of fused-ring (bicyclic) bond motifs is 2. The highest BCUT2D eigenvalue weighted by atomic mass is 16.5. The van der Waals surface area contributed by atoms with Gasteiger partial charge in [0.1, 0.15) is 0 Å². The molecule has 1 N–H and O–H groups in total. The van der Waals surface area contributed by atoms with E-state index < -0.39 is 0 Å². The smallest absolute Gasteiger partial charge is 0.306 e. The first-order valence-electron chi connectivity index (χ1n) is 6.98. The van der Waals surface area contributed by atoms with Crippen LogP contribution in [0.4, 0.5) is 0 Å². The molecule has 0 unspecified atom stereocenters. The minimum atomic E-state index is -0.337. The number of hydrogen-bond acceptors (Lipinski definition) is 4. The molecule has 0 aromatic carbocycles. The fourth-order valence-electron chi connectivity index (χ4n) is 3.35. The summed E-state index contributed by atoms with van der Waals surface area (Å²) in [5.41, 5.74) is 0. The summed E-state index contributed by atoms with van der Waals surface area (Å²) >= 11 is 0. The number of carbonyl (C=O) groups is 2. The lowest BCUT2D eigenvalue weighted by atomic mass is 9.86. The van der Waals surface area contributed by atoms with E-state index in [1.807, 2.05) is 6.07 Å². The van der Waals surface area contributed by atoms with Crippen LogP contribution in [-0.2, 0) is 14.3 Å². The van der Waals surface area contributed by atoms with Crippen molar-refractivity contribution in [3.63, 3.8) is 0 Å². The van der Waals surface area contributed by atoms with Crippen molar-refractivity contribution in [3.8, 4) is 6.07 Å². The van der Waals surface area contributed by atoms with Gasteiger partial charge in [0.2, 0.25) is 0 Å². The van der Waals surface area contributed by atoms with E-state index in [-0.39, 0.29) is 24.9 Å². The van der Waals surface area contributed by atoms with Crippen LogP contribution in [0.5, 0.6) is 0 Å². The van der Waals surface area contributed by atoms with Gasteiger partial charge in [0.15, 0.2) is 6.61 Å². The largest absolute Gasteiger partial charge is 0.456 e. The number of carbonyl (C=O) groups excluding carboxylic acids is 2. The summed E-state index contributed by atoms with van der Waals surface area (Å²) in [6.45, 7) is 0.0738. The van der Waals surface area contributed by atoms with Gasteiger partial charge in [0.25, 0.3) is 5.91 Å². The van der Waals surface area contributed by atoms with Gasteiger partial charge in [-0.05, 0) is 37.0 Å². The highest BCUT2D eigenvalue weighted by molar-refractivity contribution is 5.80. The molecule has 0 spiro atoms. The predicted octanol–water partition coefficient (Wildman–Crippen LogP) is 1.39. The Morgan fingerprint density at radius 2 is 2.16 bits per heavy atom. The molecule has 0 heterocycles. The summed E-state index contributed by atoms with van der Waals surface area (Å²) in [4.78, 5) is 22.9. The molecular weight excluding hydrogens is 244 g/mol. The Bertz CT molecular complexity index is 389. The zero-order valence-corrected chi connectivity index (χ0v) is 11.1. The summed E-state index contributed by atoms with van der Waals surface area (Å²) in [6, 6.07) is 1.93. The Morgan fingerprint density at radius 3 is 2.79 bits per heavy atom. The Morgan fingerprint density at radius 1 is 1.32 bits per heavy atom. The molecule has 0 radical (unpaired) electrons. The van der Waals surface area contributed by atoms with Gasteiger partial charge in [-0.3, -0.25) is 9.59 Å².